The molecule has 0 unspecified atom stereocenters. The van der Waals surface area contributed by atoms with E-state index in [1.807, 2.05) is 24.4 Å². The summed E-state index contributed by atoms with van der Waals surface area (Å²) in [6.07, 6.45) is 2.74. The molecule has 1 aromatic heterocycles. The maximum absolute atomic E-state index is 10.9. The molecule has 0 spiro atoms. The van der Waals surface area contributed by atoms with Crippen LogP contribution in [0.3, 0.4) is 0 Å². The molecule has 0 bridgehead atoms. The molecule has 0 radical (unpaired) electrons. The quantitative estimate of drug-likeness (QED) is 0.890. The van der Waals surface area contributed by atoms with Crippen LogP contribution in [0.25, 0.3) is 0 Å². The lowest BCUT2D eigenvalue weighted by Gasteiger charge is -2.24. The van der Waals surface area contributed by atoms with Gasteiger partial charge in [-0.2, -0.15) is 0 Å². The zero-order valence-corrected chi connectivity index (χ0v) is 13.3. The van der Waals surface area contributed by atoms with Crippen LogP contribution in [0, 0.1) is 6.92 Å². The molecule has 22 heavy (non-hydrogen) atoms. The van der Waals surface area contributed by atoms with Crippen LogP contribution in [0.15, 0.2) is 42.6 Å². The second-order valence-electron chi connectivity index (χ2n) is 5.79. The Labute approximate surface area is 131 Å². The van der Waals surface area contributed by atoms with Gasteiger partial charge in [-0.3, -0.25) is 9.88 Å². The van der Waals surface area contributed by atoms with E-state index >= 15 is 0 Å². The molecule has 4 nitrogen and oxygen atoms in total. The first kappa shape index (κ1) is 16.2. The molecular weight excluding hydrogens is 276 g/mol. The van der Waals surface area contributed by atoms with Gasteiger partial charge in [0.25, 0.3) is 0 Å². The molecule has 0 amide bonds. The van der Waals surface area contributed by atoms with E-state index in [4.69, 9.17) is 5.11 Å². The van der Waals surface area contributed by atoms with Crippen LogP contribution >= 0.6 is 0 Å². The van der Waals surface area contributed by atoms with E-state index in [1.54, 1.807) is 12.1 Å². The SMILES string of the molecule is Cc1ccnc(C[C@@H](C)N(C)Cc2ccc(C(=O)O)cc2)c1. The third kappa shape index (κ3) is 4.40. The van der Waals surface area contributed by atoms with Crippen molar-refractivity contribution in [3.8, 4) is 0 Å². The Morgan fingerprint density at radius 3 is 2.55 bits per heavy atom. The standard InChI is InChI=1S/C18H22N2O2/c1-13-8-9-19-17(10-13)11-14(2)20(3)12-15-4-6-16(7-5-15)18(21)22/h4-10,14H,11-12H2,1-3H3,(H,21,22)/t14-/m1/s1. The third-order valence-electron chi connectivity index (χ3n) is 3.86. The molecule has 2 aromatic rings. The number of carboxylic acids is 1. The van der Waals surface area contributed by atoms with Crippen LogP contribution in [0.2, 0.25) is 0 Å². The summed E-state index contributed by atoms with van der Waals surface area (Å²) in [5.74, 6) is -0.890. The molecular formula is C18H22N2O2. The summed E-state index contributed by atoms with van der Waals surface area (Å²) in [6.45, 7) is 5.03. The van der Waals surface area contributed by atoms with E-state index in [0.717, 1.165) is 24.2 Å². The minimum atomic E-state index is -0.890. The molecule has 0 aliphatic rings. The predicted octanol–water partition coefficient (Wildman–Crippen LogP) is 3.15. The summed E-state index contributed by atoms with van der Waals surface area (Å²) in [4.78, 5) is 17.5. The summed E-state index contributed by atoms with van der Waals surface area (Å²) in [6, 6.07) is 11.5. The van der Waals surface area contributed by atoms with Gasteiger partial charge in [0.2, 0.25) is 0 Å². The highest BCUT2D eigenvalue weighted by molar-refractivity contribution is 5.87. The Morgan fingerprint density at radius 1 is 1.27 bits per heavy atom. The highest BCUT2D eigenvalue weighted by Gasteiger charge is 2.12. The number of rotatable bonds is 6. The molecule has 1 heterocycles. The monoisotopic (exact) mass is 298 g/mol. The molecule has 116 valence electrons. The van der Waals surface area contributed by atoms with Crippen LogP contribution < -0.4 is 0 Å². The number of hydrogen-bond acceptors (Lipinski definition) is 3. The molecule has 0 aliphatic heterocycles. The maximum atomic E-state index is 10.9. The molecule has 0 aliphatic carbocycles. The number of pyridine rings is 1. The number of nitrogens with zero attached hydrogens (tertiary/aromatic N) is 2. The Balaban J connectivity index is 1.96. The van der Waals surface area contributed by atoms with Crippen LogP contribution in [0.4, 0.5) is 0 Å². The number of likely N-dealkylation sites (N-methyl/N-ethyl adjacent to an activating group) is 1. The average Bonchev–Trinajstić information content (AvgIpc) is 2.47. The van der Waals surface area contributed by atoms with Gasteiger partial charge in [-0.1, -0.05) is 12.1 Å². The average molecular weight is 298 g/mol. The second-order valence-corrected chi connectivity index (χ2v) is 5.79. The van der Waals surface area contributed by atoms with E-state index in [9.17, 15) is 4.79 Å². The lowest BCUT2D eigenvalue weighted by molar-refractivity contribution is 0.0697. The van der Waals surface area contributed by atoms with Crippen molar-refractivity contribution in [1.82, 2.24) is 9.88 Å². The molecule has 4 heteroatoms. The normalized spacial score (nSPS) is 12.4. The van der Waals surface area contributed by atoms with E-state index in [1.165, 1.54) is 5.56 Å². The van der Waals surface area contributed by atoms with Crippen LogP contribution in [0.1, 0.15) is 34.1 Å². The van der Waals surface area contributed by atoms with Crippen molar-refractivity contribution in [2.45, 2.75) is 32.9 Å². The number of aryl methyl sites for hydroxylation is 1. The van der Waals surface area contributed by atoms with Gasteiger partial charge in [0, 0.05) is 30.9 Å². The highest BCUT2D eigenvalue weighted by atomic mass is 16.4. The summed E-state index contributed by atoms with van der Waals surface area (Å²) in [7, 11) is 2.07. The number of carbonyl (C=O) groups is 1. The lowest BCUT2D eigenvalue weighted by atomic mass is 10.1. The van der Waals surface area contributed by atoms with Gasteiger partial charge in [-0.25, -0.2) is 4.79 Å². The van der Waals surface area contributed by atoms with Gasteiger partial charge in [0.15, 0.2) is 0 Å². The lowest BCUT2D eigenvalue weighted by Crippen LogP contribution is -2.30. The van der Waals surface area contributed by atoms with Gasteiger partial charge in [0.1, 0.15) is 0 Å². The third-order valence-corrected chi connectivity index (χ3v) is 3.86. The Kier molecular flexibility index (Phi) is 5.28. The van der Waals surface area contributed by atoms with Gasteiger partial charge in [-0.05, 0) is 56.3 Å². The Bertz CT molecular complexity index is 638. The molecule has 0 saturated carbocycles. The van der Waals surface area contributed by atoms with E-state index < -0.39 is 5.97 Å². The van der Waals surface area contributed by atoms with E-state index in [2.05, 4.69) is 36.8 Å². The molecule has 1 aromatic carbocycles. The van der Waals surface area contributed by atoms with Crippen molar-refractivity contribution in [2.24, 2.45) is 0 Å². The van der Waals surface area contributed by atoms with Crippen LogP contribution in [-0.4, -0.2) is 34.0 Å². The van der Waals surface area contributed by atoms with Crippen molar-refractivity contribution in [3.05, 3.63) is 65.0 Å². The summed E-state index contributed by atoms with van der Waals surface area (Å²) in [5.41, 5.74) is 3.75. The van der Waals surface area contributed by atoms with E-state index in [-0.39, 0.29) is 0 Å². The fourth-order valence-electron chi connectivity index (χ4n) is 2.37. The smallest absolute Gasteiger partial charge is 0.335 e. The molecule has 0 saturated heterocycles. The number of aromatic carboxylic acids is 1. The van der Waals surface area contributed by atoms with Gasteiger partial charge in [0.05, 0.1) is 5.56 Å². The van der Waals surface area contributed by atoms with Crippen LogP contribution in [0.5, 0.6) is 0 Å². The second kappa shape index (κ2) is 7.18. The largest absolute Gasteiger partial charge is 0.478 e. The minimum absolute atomic E-state index is 0.323. The van der Waals surface area contributed by atoms with Crippen molar-refractivity contribution < 1.29 is 9.90 Å². The van der Waals surface area contributed by atoms with Gasteiger partial charge < -0.3 is 5.11 Å². The number of carboxylic acid groups (broad SMARTS) is 1. The molecule has 1 N–H and O–H groups in total. The molecule has 2 rings (SSSR count). The predicted molar refractivity (Wildman–Crippen MR) is 87.0 cm³/mol. The van der Waals surface area contributed by atoms with Crippen molar-refractivity contribution >= 4 is 5.97 Å². The highest BCUT2D eigenvalue weighted by Crippen LogP contribution is 2.12. The zero-order chi connectivity index (χ0) is 16.1. The van der Waals surface area contributed by atoms with Gasteiger partial charge in [-0.15, -0.1) is 0 Å². The first-order valence-corrected chi connectivity index (χ1v) is 7.39. The number of benzene rings is 1. The summed E-state index contributed by atoms with van der Waals surface area (Å²) in [5, 5.41) is 8.91. The van der Waals surface area contributed by atoms with Crippen molar-refractivity contribution in [3.63, 3.8) is 0 Å². The van der Waals surface area contributed by atoms with Crippen LogP contribution in [-0.2, 0) is 13.0 Å². The summed E-state index contributed by atoms with van der Waals surface area (Å²) < 4.78 is 0. The van der Waals surface area contributed by atoms with E-state index in [0.29, 0.717) is 11.6 Å². The van der Waals surface area contributed by atoms with Crippen molar-refractivity contribution in [1.29, 1.82) is 0 Å². The fraction of sp³-hybridized carbons (Fsp3) is 0.333. The molecule has 0 fully saturated rings. The summed E-state index contributed by atoms with van der Waals surface area (Å²) >= 11 is 0. The maximum Gasteiger partial charge on any atom is 0.335 e. The minimum Gasteiger partial charge on any atom is -0.478 e. The number of aromatic nitrogens is 1. The molecule has 1 atom stereocenters. The van der Waals surface area contributed by atoms with Gasteiger partial charge >= 0.3 is 5.97 Å². The first-order chi connectivity index (χ1) is 10.5. The topological polar surface area (TPSA) is 53.4 Å². The first-order valence-electron chi connectivity index (χ1n) is 7.39. The fourth-order valence-corrected chi connectivity index (χ4v) is 2.37. The Hall–Kier alpha value is -2.20. The zero-order valence-electron chi connectivity index (χ0n) is 13.3. The number of hydrogen-bond donors (Lipinski definition) is 1. The van der Waals surface area contributed by atoms with Crippen molar-refractivity contribution in [2.75, 3.05) is 7.05 Å². The Morgan fingerprint density at radius 2 is 1.95 bits per heavy atom.